The van der Waals surface area contributed by atoms with Gasteiger partial charge in [0.1, 0.15) is 12.0 Å². The van der Waals surface area contributed by atoms with Crippen LogP contribution in [0.4, 0.5) is 0 Å². The molecule has 116 valence electrons. The zero-order chi connectivity index (χ0) is 16.0. The lowest BCUT2D eigenvalue weighted by Crippen LogP contribution is -2.42. The molecule has 2 atom stereocenters. The molecule has 0 radical (unpaired) electrons. The van der Waals surface area contributed by atoms with Crippen LogP contribution >= 0.6 is 23.2 Å². The first kappa shape index (κ1) is 15.3. The number of halogens is 2. The Hall–Kier alpha value is -1.56. The van der Waals surface area contributed by atoms with E-state index in [1.54, 1.807) is 18.3 Å². The van der Waals surface area contributed by atoms with Crippen molar-refractivity contribution in [2.24, 2.45) is 0 Å². The van der Waals surface area contributed by atoms with Gasteiger partial charge in [0.25, 0.3) is 0 Å². The molecule has 7 heteroatoms. The maximum Gasteiger partial charge on any atom is 0.235 e. The van der Waals surface area contributed by atoms with Crippen LogP contribution in [-0.2, 0) is 11.2 Å². The number of benzene rings is 1. The smallest absolute Gasteiger partial charge is 0.235 e. The molecule has 3 rings (SSSR count). The molecule has 1 aromatic heterocycles. The number of carbonyl (C=O) groups excluding carboxylic acids is 2. The zero-order valence-electron chi connectivity index (χ0n) is 11.8. The normalized spacial score (nSPS) is 20.2. The summed E-state index contributed by atoms with van der Waals surface area (Å²) in [5, 5.41) is 14.5. The van der Waals surface area contributed by atoms with Gasteiger partial charge in [-0.25, -0.2) is 0 Å². The van der Waals surface area contributed by atoms with Crippen molar-refractivity contribution in [1.29, 1.82) is 0 Å². The van der Waals surface area contributed by atoms with Crippen molar-refractivity contribution in [1.82, 2.24) is 9.88 Å². The van der Waals surface area contributed by atoms with Crippen molar-refractivity contribution in [2.75, 3.05) is 5.88 Å². The minimum absolute atomic E-state index is 0.159. The molecule has 1 aliphatic carbocycles. The molecule has 1 aliphatic rings. The molecule has 22 heavy (non-hydrogen) atoms. The predicted molar refractivity (Wildman–Crippen MR) is 84.6 cm³/mol. The molecule has 0 bridgehead atoms. The fourth-order valence-corrected chi connectivity index (χ4v) is 3.36. The molecule has 0 aliphatic heterocycles. The third-order valence-electron chi connectivity index (χ3n) is 3.95. The number of amides is 1. The largest absolute Gasteiger partial charge is 0.386 e. The van der Waals surface area contributed by atoms with E-state index in [1.807, 2.05) is 0 Å². The second kappa shape index (κ2) is 5.57. The molecule has 1 heterocycles. The lowest BCUT2D eigenvalue weighted by atomic mass is 9.87. The summed E-state index contributed by atoms with van der Waals surface area (Å²) < 4.78 is 1.48. The van der Waals surface area contributed by atoms with E-state index in [0.717, 1.165) is 10.9 Å². The van der Waals surface area contributed by atoms with Crippen molar-refractivity contribution >= 4 is 45.9 Å². The average molecular weight is 341 g/mol. The molecule has 0 fully saturated rings. The Balaban J connectivity index is 2.16. The van der Waals surface area contributed by atoms with E-state index >= 15 is 0 Å². The summed E-state index contributed by atoms with van der Waals surface area (Å²) in [5.74, 6) is -0.668. The zero-order valence-corrected chi connectivity index (χ0v) is 13.3. The van der Waals surface area contributed by atoms with Crippen molar-refractivity contribution < 1.29 is 14.7 Å². The fourth-order valence-electron chi connectivity index (χ4n) is 3.03. The first-order valence-electron chi connectivity index (χ1n) is 6.80. The van der Waals surface area contributed by atoms with E-state index in [2.05, 4.69) is 5.32 Å². The molecule has 1 aromatic carbocycles. The second-order valence-corrected chi connectivity index (χ2v) is 6.03. The number of hydrogen-bond donors (Lipinski definition) is 2. The Morgan fingerprint density at radius 1 is 1.45 bits per heavy atom. The van der Waals surface area contributed by atoms with Crippen molar-refractivity contribution in [3.05, 3.63) is 34.5 Å². The van der Waals surface area contributed by atoms with Crippen LogP contribution in [0.15, 0.2) is 18.3 Å². The van der Waals surface area contributed by atoms with Gasteiger partial charge in [0, 0.05) is 18.5 Å². The number of nitrogens with one attached hydrogen (secondary N) is 1. The van der Waals surface area contributed by atoms with E-state index in [4.69, 9.17) is 23.2 Å². The molecule has 0 saturated carbocycles. The summed E-state index contributed by atoms with van der Waals surface area (Å²) in [7, 11) is 0. The monoisotopic (exact) mass is 340 g/mol. The summed E-state index contributed by atoms with van der Waals surface area (Å²) in [6, 6.07) is 2.89. The fraction of sp³-hybridized carbons (Fsp3) is 0.333. The van der Waals surface area contributed by atoms with Crippen molar-refractivity contribution in [2.45, 2.75) is 25.5 Å². The quantitative estimate of drug-likeness (QED) is 0.823. The Kier molecular flexibility index (Phi) is 3.89. The van der Waals surface area contributed by atoms with Crippen LogP contribution in [0, 0.1) is 0 Å². The van der Waals surface area contributed by atoms with Gasteiger partial charge in [0.05, 0.1) is 16.6 Å². The molecule has 2 N–H and O–H groups in total. The molecule has 0 saturated heterocycles. The minimum Gasteiger partial charge on any atom is -0.386 e. The summed E-state index contributed by atoms with van der Waals surface area (Å²) >= 11 is 11.7. The first-order valence-corrected chi connectivity index (χ1v) is 7.72. The van der Waals surface area contributed by atoms with Crippen molar-refractivity contribution in [3.8, 4) is 0 Å². The highest BCUT2D eigenvalue weighted by Crippen LogP contribution is 2.39. The Morgan fingerprint density at radius 2 is 2.18 bits per heavy atom. The third-order valence-corrected chi connectivity index (χ3v) is 4.50. The topological polar surface area (TPSA) is 71.3 Å². The number of aromatic nitrogens is 1. The SMILES string of the molecule is CC(=O)n1cc2c3c(ccc(Cl)c31)C(O)C(NC(=O)CCl)C2. The number of rotatable bonds is 2. The van der Waals surface area contributed by atoms with Crippen LogP contribution < -0.4 is 5.32 Å². The third kappa shape index (κ3) is 2.29. The number of aliphatic hydroxyl groups is 1. The lowest BCUT2D eigenvalue weighted by molar-refractivity contribution is -0.120. The van der Waals surface area contributed by atoms with Gasteiger partial charge >= 0.3 is 0 Å². The number of alkyl halides is 1. The van der Waals surface area contributed by atoms with Crippen LogP contribution in [0.25, 0.3) is 10.9 Å². The first-order chi connectivity index (χ1) is 10.4. The molecule has 5 nitrogen and oxygen atoms in total. The standard InChI is InChI=1S/C15H14Cl2N2O3/c1-7(20)19-6-8-4-11(18-12(21)5-16)15(22)9-2-3-10(17)14(19)13(8)9/h2-3,6,11,15,22H,4-5H2,1H3,(H,18,21). The van der Waals surface area contributed by atoms with Crippen LogP contribution in [-0.4, -0.2) is 33.4 Å². The highest BCUT2D eigenvalue weighted by Gasteiger charge is 2.32. The summed E-state index contributed by atoms with van der Waals surface area (Å²) in [5.41, 5.74) is 2.12. The minimum atomic E-state index is -0.873. The van der Waals surface area contributed by atoms with Gasteiger partial charge in [-0.1, -0.05) is 17.7 Å². The molecular formula is C15H14Cl2N2O3. The highest BCUT2D eigenvalue weighted by atomic mass is 35.5. The van der Waals surface area contributed by atoms with E-state index < -0.39 is 12.1 Å². The van der Waals surface area contributed by atoms with Crippen LogP contribution in [0.1, 0.15) is 28.9 Å². The van der Waals surface area contributed by atoms with E-state index in [-0.39, 0.29) is 17.7 Å². The molecule has 0 spiro atoms. The van der Waals surface area contributed by atoms with E-state index in [9.17, 15) is 14.7 Å². The molecular weight excluding hydrogens is 327 g/mol. The lowest BCUT2D eigenvalue weighted by Gasteiger charge is -2.29. The highest BCUT2D eigenvalue weighted by molar-refractivity contribution is 6.35. The number of aliphatic hydroxyl groups excluding tert-OH is 1. The van der Waals surface area contributed by atoms with Crippen molar-refractivity contribution in [3.63, 3.8) is 0 Å². The average Bonchev–Trinajstić information content (AvgIpc) is 2.87. The van der Waals surface area contributed by atoms with Crippen LogP contribution in [0.3, 0.4) is 0 Å². The van der Waals surface area contributed by atoms with Gasteiger partial charge in [-0.3, -0.25) is 14.2 Å². The van der Waals surface area contributed by atoms with Crippen LogP contribution in [0.5, 0.6) is 0 Å². The van der Waals surface area contributed by atoms with Gasteiger partial charge in [-0.15, -0.1) is 11.6 Å². The Labute approximate surface area is 136 Å². The summed E-state index contributed by atoms with van der Waals surface area (Å²) in [4.78, 5) is 23.3. The van der Waals surface area contributed by atoms with E-state index in [1.165, 1.54) is 11.5 Å². The predicted octanol–water partition coefficient (Wildman–Crippen LogP) is 2.27. The van der Waals surface area contributed by atoms with Gasteiger partial charge in [-0.05, 0) is 23.6 Å². The number of carbonyl (C=O) groups is 2. The molecule has 2 aromatic rings. The van der Waals surface area contributed by atoms with Gasteiger partial charge < -0.3 is 10.4 Å². The Morgan fingerprint density at radius 3 is 2.82 bits per heavy atom. The summed E-state index contributed by atoms with van der Waals surface area (Å²) in [6.07, 6.45) is 1.25. The molecule has 2 unspecified atom stereocenters. The Bertz CT molecular complexity index is 785. The molecule has 1 amide bonds. The number of nitrogens with zero attached hydrogens (tertiary/aromatic N) is 1. The number of hydrogen-bond acceptors (Lipinski definition) is 3. The second-order valence-electron chi connectivity index (χ2n) is 5.36. The van der Waals surface area contributed by atoms with Gasteiger partial charge in [0.2, 0.25) is 11.8 Å². The maximum absolute atomic E-state index is 11.8. The van der Waals surface area contributed by atoms with Gasteiger partial charge in [-0.2, -0.15) is 0 Å². The van der Waals surface area contributed by atoms with E-state index in [0.29, 0.717) is 22.5 Å². The van der Waals surface area contributed by atoms with Gasteiger partial charge in [0.15, 0.2) is 0 Å². The van der Waals surface area contributed by atoms with Crippen LogP contribution in [0.2, 0.25) is 5.02 Å². The summed E-state index contributed by atoms with van der Waals surface area (Å²) in [6.45, 7) is 1.45. The maximum atomic E-state index is 11.8.